The number of nitrogens with zero attached hydrogens (tertiary/aromatic N) is 1. The van der Waals surface area contributed by atoms with Crippen LogP contribution in [0.2, 0.25) is 0 Å². The zero-order valence-electron chi connectivity index (χ0n) is 9.00. The highest BCUT2D eigenvalue weighted by atomic mass is 19.1. The maximum atomic E-state index is 13.1. The predicted molar refractivity (Wildman–Crippen MR) is 57.4 cm³/mol. The second-order valence-corrected chi connectivity index (χ2v) is 3.45. The number of amides is 1. The molecule has 0 spiro atoms. The van der Waals surface area contributed by atoms with Crippen molar-refractivity contribution in [1.82, 2.24) is 5.32 Å². The Hall–Kier alpha value is -2.51. The molecule has 0 aliphatic carbocycles. The van der Waals surface area contributed by atoms with Gasteiger partial charge in [-0.25, -0.2) is 9.18 Å². The molecule has 96 valence electrons. The lowest BCUT2D eigenvalue weighted by atomic mass is 10.1. The molecule has 1 rings (SSSR count). The first-order valence-corrected chi connectivity index (χ1v) is 4.80. The second kappa shape index (κ2) is 5.71. The number of halogens is 1. The molecule has 1 aromatic rings. The number of carboxylic acids is 1. The topological polar surface area (TPSA) is 110 Å². The Bertz CT molecular complexity index is 491. The van der Waals surface area contributed by atoms with Crippen LogP contribution in [0, 0.1) is 15.9 Å². The van der Waals surface area contributed by atoms with E-state index in [1.54, 1.807) is 0 Å². The third-order valence-electron chi connectivity index (χ3n) is 2.16. The van der Waals surface area contributed by atoms with Gasteiger partial charge in [-0.2, -0.15) is 0 Å². The van der Waals surface area contributed by atoms with Crippen molar-refractivity contribution >= 4 is 18.1 Å². The molecule has 8 heteroatoms. The van der Waals surface area contributed by atoms with Crippen molar-refractivity contribution in [3.63, 3.8) is 0 Å². The fourth-order valence-corrected chi connectivity index (χ4v) is 1.39. The Labute approximate surface area is 100 Å². The molecule has 0 fully saturated rings. The minimum Gasteiger partial charge on any atom is -0.480 e. The maximum absolute atomic E-state index is 13.1. The van der Waals surface area contributed by atoms with Gasteiger partial charge in [0.05, 0.1) is 11.0 Å². The Balaban J connectivity index is 2.98. The fourth-order valence-electron chi connectivity index (χ4n) is 1.39. The zero-order chi connectivity index (χ0) is 13.7. The number of aliphatic carboxylic acids is 1. The van der Waals surface area contributed by atoms with Gasteiger partial charge in [0.25, 0.3) is 5.69 Å². The van der Waals surface area contributed by atoms with Crippen LogP contribution in [0.3, 0.4) is 0 Å². The normalized spacial score (nSPS) is 11.6. The number of hydrogen-bond acceptors (Lipinski definition) is 4. The van der Waals surface area contributed by atoms with E-state index in [0.717, 1.165) is 18.2 Å². The number of carbonyl (C=O) groups is 2. The van der Waals surface area contributed by atoms with Crippen LogP contribution in [0.5, 0.6) is 0 Å². The number of nitrogens with one attached hydrogen (secondary N) is 1. The van der Waals surface area contributed by atoms with Crippen LogP contribution in [0.1, 0.15) is 5.56 Å². The van der Waals surface area contributed by atoms with Crippen LogP contribution in [0.15, 0.2) is 18.2 Å². The highest BCUT2D eigenvalue weighted by molar-refractivity contribution is 5.76. The van der Waals surface area contributed by atoms with E-state index in [-0.39, 0.29) is 18.4 Å². The van der Waals surface area contributed by atoms with Crippen LogP contribution in [0.25, 0.3) is 0 Å². The van der Waals surface area contributed by atoms with Crippen molar-refractivity contribution in [3.05, 3.63) is 39.7 Å². The Morgan fingerprint density at radius 1 is 1.56 bits per heavy atom. The number of rotatable bonds is 6. The monoisotopic (exact) mass is 256 g/mol. The van der Waals surface area contributed by atoms with E-state index in [1.807, 2.05) is 5.32 Å². The van der Waals surface area contributed by atoms with E-state index in [9.17, 15) is 24.1 Å². The molecule has 1 unspecified atom stereocenters. The van der Waals surface area contributed by atoms with Gasteiger partial charge in [0, 0.05) is 12.5 Å². The summed E-state index contributed by atoms with van der Waals surface area (Å²) < 4.78 is 13.1. The molecule has 0 heterocycles. The van der Waals surface area contributed by atoms with Crippen LogP contribution in [0.4, 0.5) is 10.1 Å². The van der Waals surface area contributed by atoms with Gasteiger partial charge in [-0.1, -0.05) is 0 Å². The number of nitro benzene ring substituents is 1. The van der Waals surface area contributed by atoms with Crippen LogP contribution >= 0.6 is 0 Å². The molecule has 0 radical (unpaired) electrons. The van der Waals surface area contributed by atoms with Gasteiger partial charge in [0.15, 0.2) is 0 Å². The zero-order valence-corrected chi connectivity index (χ0v) is 9.00. The fraction of sp³-hybridized carbons (Fsp3) is 0.200. The average molecular weight is 256 g/mol. The Morgan fingerprint density at radius 2 is 2.22 bits per heavy atom. The molecule has 1 amide bonds. The third-order valence-corrected chi connectivity index (χ3v) is 2.16. The van der Waals surface area contributed by atoms with Crippen molar-refractivity contribution in [3.8, 4) is 0 Å². The largest absolute Gasteiger partial charge is 0.480 e. The first kappa shape index (κ1) is 13.6. The van der Waals surface area contributed by atoms with E-state index < -0.39 is 28.4 Å². The summed E-state index contributed by atoms with van der Waals surface area (Å²) >= 11 is 0. The maximum Gasteiger partial charge on any atom is 0.326 e. The van der Waals surface area contributed by atoms with Gasteiger partial charge < -0.3 is 10.4 Å². The van der Waals surface area contributed by atoms with Gasteiger partial charge in [0.1, 0.15) is 11.9 Å². The van der Waals surface area contributed by atoms with E-state index in [4.69, 9.17) is 5.11 Å². The van der Waals surface area contributed by atoms with Crippen LogP contribution < -0.4 is 5.32 Å². The minimum atomic E-state index is -1.31. The van der Waals surface area contributed by atoms with Crippen LogP contribution in [-0.2, 0) is 16.0 Å². The average Bonchev–Trinajstić information content (AvgIpc) is 2.27. The minimum absolute atomic E-state index is 0.114. The standard InChI is InChI=1S/C10H9FN2O5/c11-7-1-6(2-8(4-7)13(17)18)3-9(10(15)16)12-5-14/h1-2,4-5,9H,3H2,(H,12,14)(H,15,16). The summed E-state index contributed by atoms with van der Waals surface area (Å²) in [4.78, 5) is 30.7. The van der Waals surface area contributed by atoms with Gasteiger partial charge in [-0.05, 0) is 11.6 Å². The van der Waals surface area contributed by atoms with Gasteiger partial charge >= 0.3 is 5.97 Å². The number of hydrogen-bond donors (Lipinski definition) is 2. The lowest BCUT2D eigenvalue weighted by molar-refractivity contribution is -0.385. The van der Waals surface area contributed by atoms with Crippen molar-refractivity contribution in [2.75, 3.05) is 0 Å². The Morgan fingerprint density at radius 3 is 2.72 bits per heavy atom. The van der Waals surface area contributed by atoms with Crippen molar-refractivity contribution in [1.29, 1.82) is 0 Å². The van der Waals surface area contributed by atoms with Crippen molar-refractivity contribution in [2.24, 2.45) is 0 Å². The van der Waals surface area contributed by atoms with Crippen LogP contribution in [-0.4, -0.2) is 28.5 Å². The molecule has 0 saturated carbocycles. The van der Waals surface area contributed by atoms with Gasteiger partial charge in [0.2, 0.25) is 6.41 Å². The highest BCUT2D eigenvalue weighted by Crippen LogP contribution is 2.17. The second-order valence-electron chi connectivity index (χ2n) is 3.45. The summed E-state index contributed by atoms with van der Waals surface area (Å²) in [6.07, 6.45) is -0.0425. The summed E-state index contributed by atoms with van der Waals surface area (Å²) in [6.45, 7) is 0. The summed E-state index contributed by atoms with van der Waals surface area (Å²) in [5, 5.41) is 21.3. The molecule has 0 aromatic heterocycles. The summed E-state index contributed by atoms with van der Waals surface area (Å²) in [5.74, 6) is -2.15. The summed E-state index contributed by atoms with van der Waals surface area (Å²) in [7, 11) is 0. The lowest BCUT2D eigenvalue weighted by Crippen LogP contribution is -2.37. The molecule has 0 saturated heterocycles. The number of carboxylic acid groups (broad SMARTS) is 1. The molecule has 1 aromatic carbocycles. The number of carbonyl (C=O) groups excluding carboxylic acids is 1. The predicted octanol–water partition coefficient (Wildman–Crippen LogP) is 0.476. The van der Waals surface area contributed by atoms with E-state index in [1.165, 1.54) is 0 Å². The smallest absolute Gasteiger partial charge is 0.326 e. The molecule has 0 bridgehead atoms. The quantitative estimate of drug-likeness (QED) is 0.437. The summed E-state index contributed by atoms with van der Waals surface area (Å²) in [6, 6.07) is 1.51. The van der Waals surface area contributed by atoms with E-state index >= 15 is 0 Å². The third kappa shape index (κ3) is 3.51. The van der Waals surface area contributed by atoms with E-state index in [0.29, 0.717) is 0 Å². The van der Waals surface area contributed by atoms with Crippen molar-refractivity contribution in [2.45, 2.75) is 12.5 Å². The van der Waals surface area contributed by atoms with Crippen molar-refractivity contribution < 1.29 is 24.0 Å². The molecule has 0 aliphatic heterocycles. The Kier molecular flexibility index (Phi) is 4.30. The number of non-ortho nitro benzene ring substituents is 1. The first-order chi connectivity index (χ1) is 8.43. The number of benzene rings is 1. The van der Waals surface area contributed by atoms with E-state index in [2.05, 4.69) is 0 Å². The first-order valence-electron chi connectivity index (χ1n) is 4.80. The van der Waals surface area contributed by atoms with Gasteiger partial charge in [-0.3, -0.25) is 14.9 Å². The molecular weight excluding hydrogens is 247 g/mol. The molecule has 1 atom stereocenters. The molecule has 0 aliphatic rings. The molecular formula is C10H9FN2O5. The molecule has 18 heavy (non-hydrogen) atoms. The molecule has 2 N–H and O–H groups in total. The summed E-state index contributed by atoms with van der Waals surface area (Å²) in [5.41, 5.74) is -0.358. The highest BCUT2D eigenvalue weighted by Gasteiger charge is 2.19. The SMILES string of the molecule is O=CNC(Cc1cc(F)cc([N+](=O)[O-])c1)C(=O)O. The van der Waals surface area contributed by atoms with Gasteiger partial charge in [-0.15, -0.1) is 0 Å². The number of nitro groups is 1. The molecule has 7 nitrogen and oxygen atoms in total. The lowest BCUT2D eigenvalue weighted by Gasteiger charge is -2.10.